The van der Waals surface area contributed by atoms with Crippen LogP contribution in [0.1, 0.15) is 36.7 Å². The molecule has 25 heavy (non-hydrogen) atoms. The van der Waals surface area contributed by atoms with Gasteiger partial charge in [0.15, 0.2) is 23.9 Å². The molecule has 0 aromatic heterocycles. The lowest BCUT2D eigenvalue weighted by Crippen LogP contribution is -2.25. The van der Waals surface area contributed by atoms with Crippen molar-refractivity contribution in [1.29, 1.82) is 0 Å². The number of nitrogens with one attached hydrogen (secondary N) is 1. The zero-order chi connectivity index (χ0) is 18.0. The number of amides is 1. The highest BCUT2D eigenvalue weighted by Crippen LogP contribution is 2.41. The fourth-order valence-corrected chi connectivity index (χ4v) is 2.93. The van der Waals surface area contributed by atoms with Crippen molar-refractivity contribution in [2.24, 2.45) is 0 Å². The smallest absolute Gasteiger partial charge is 0.262 e. The van der Waals surface area contributed by atoms with Crippen LogP contribution in [0.4, 0.5) is 5.69 Å². The molecule has 1 amide bonds. The number of ketones is 1. The van der Waals surface area contributed by atoms with Gasteiger partial charge in [-0.2, -0.15) is 0 Å². The van der Waals surface area contributed by atoms with E-state index in [4.69, 9.17) is 9.47 Å². The molecule has 0 saturated carbocycles. The molecule has 0 spiro atoms. The number of hydrogen-bond donors (Lipinski definition) is 1. The van der Waals surface area contributed by atoms with Crippen molar-refractivity contribution < 1.29 is 19.1 Å². The average molecular weight is 339 g/mol. The molecule has 130 valence electrons. The minimum atomic E-state index is -0.330. The van der Waals surface area contributed by atoms with Crippen molar-refractivity contribution in [2.45, 2.75) is 32.8 Å². The number of anilines is 1. The van der Waals surface area contributed by atoms with E-state index in [1.165, 1.54) is 6.92 Å². The normalized spacial score (nSPS) is 14.4. The van der Waals surface area contributed by atoms with Gasteiger partial charge >= 0.3 is 0 Å². The molecule has 2 aromatic carbocycles. The van der Waals surface area contributed by atoms with Crippen LogP contribution in [-0.2, 0) is 11.2 Å². The number of carbonyl (C=O) groups excluding carboxylic acids is 2. The molecule has 0 bridgehead atoms. The van der Waals surface area contributed by atoms with Crippen molar-refractivity contribution in [3.8, 4) is 11.5 Å². The van der Waals surface area contributed by atoms with Crippen LogP contribution in [0.5, 0.6) is 11.5 Å². The maximum atomic E-state index is 12.2. The maximum Gasteiger partial charge on any atom is 0.262 e. The number of rotatable bonds is 5. The molecule has 1 heterocycles. The van der Waals surface area contributed by atoms with Crippen LogP contribution >= 0.6 is 0 Å². The molecule has 0 fully saturated rings. The molecule has 3 rings (SSSR count). The molecule has 2 aromatic rings. The molecule has 0 saturated heterocycles. The molecule has 5 nitrogen and oxygen atoms in total. The third-order valence-electron chi connectivity index (χ3n) is 3.99. The maximum absolute atomic E-state index is 12.2. The van der Waals surface area contributed by atoms with Gasteiger partial charge in [0, 0.05) is 17.5 Å². The van der Waals surface area contributed by atoms with E-state index in [0.29, 0.717) is 22.7 Å². The minimum absolute atomic E-state index is 0.103. The molecule has 1 N–H and O–H groups in total. The predicted octanol–water partition coefficient (Wildman–Crippen LogP) is 3.62. The van der Waals surface area contributed by atoms with Gasteiger partial charge in [-0.05, 0) is 39.0 Å². The molecule has 0 radical (unpaired) electrons. The number of carbonyl (C=O) groups is 2. The van der Waals surface area contributed by atoms with Gasteiger partial charge in [-0.3, -0.25) is 9.59 Å². The molecule has 1 aliphatic rings. The Balaban J connectivity index is 1.67. The summed E-state index contributed by atoms with van der Waals surface area (Å²) in [6, 6.07) is 12.6. The Morgan fingerprint density at radius 2 is 1.92 bits per heavy atom. The van der Waals surface area contributed by atoms with Crippen molar-refractivity contribution in [2.75, 3.05) is 11.9 Å². The van der Waals surface area contributed by atoms with Crippen LogP contribution < -0.4 is 14.8 Å². The van der Waals surface area contributed by atoms with Crippen molar-refractivity contribution in [3.63, 3.8) is 0 Å². The third kappa shape index (κ3) is 3.82. The van der Waals surface area contributed by atoms with E-state index in [-0.39, 0.29) is 23.9 Å². The fourth-order valence-electron chi connectivity index (χ4n) is 2.93. The first kappa shape index (κ1) is 17.0. The van der Waals surface area contributed by atoms with E-state index < -0.39 is 0 Å². The van der Waals surface area contributed by atoms with E-state index >= 15 is 0 Å². The SMILES string of the molecule is CC(=O)c1ccccc1NC(=O)COc1cccc2c1OC(C)(C)C2. The van der Waals surface area contributed by atoms with Crippen molar-refractivity contribution in [1.82, 2.24) is 0 Å². The second-order valence-corrected chi connectivity index (χ2v) is 6.72. The zero-order valence-corrected chi connectivity index (χ0v) is 14.6. The molecule has 0 atom stereocenters. The summed E-state index contributed by atoms with van der Waals surface area (Å²) in [7, 11) is 0. The van der Waals surface area contributed by atoms with E-state index in [2.05, 4.69) is 5.32 Å². The Kier molecular flexibility index (Phi) is 4.49. The highest BCUT2D eigenvalue weighted by Gasteiger charge is 2.32. The Hall–Kier alpha value is -2.82. The molecule has 5 heteroatoms. The van der Waals surface area contributed by atoms with Gasteiger partial charge in [-0.15, -0.1) is 0 Å². The van der Waals surface area contributed by atoms with Crippen LogP contribution in [0, 0.1) is 0 Å². The summed E-state index contributed by atoms with van der Waals surface area (Å²) in [5, 5.41) is 2.72. The van der Waals surface area contributed by atoms with E-state index in [1.54, 1.807) is 30.3 Å². The summed E-state index contributed by atoms with van der Waals surface area (Å²) >= 11 is 0. The van der Waals surface area contributed by atoms with E-state index in [1.807, 2.05) is 26.0 Å². The van der Waals surface area contributed by atoms with Gasteiger partial charge in [0.05, 0.1) is 5.69 Å². The predicted molar refractivity (Wildman–Crippen MR) is 95.4 cm³/mol. The van der Waals surface area contributed by atoms with Crippen LogP contribution in [0.15, 0.2) is 42.5 Å². The van der Waals surface area contributed by atoms with Crippen molar-refractivity contribution in [3.05, 3.63) is 53.6 Å². The first-order chi connectivity index (χ1) is 11.9. The van der Waals surface area contributed by atoms with Crippen LogP contribution in [-0.4, -0.2) is 23.9 Å². The van der Waals surface area contributed by atoms with Gasteiger partial charge < -0.3 is 14.8 Å². The summed E-state index contributed by atoms with van der Waals surface area (Å²) in [4.78, 5) is 23.8. The topological polar surface area (TPSA) is 64.6 Å². The van der Waals surface area contributed by atoms with Crippen LogP contribution in [0.25, 0.3) is 0 Å². The number of ether oxygens (including phenoxy) is 2. The van der Waals surface area contributed by atoms with Gasteiger partial charge in [-0.1, -0.05) is 24.3 Å². The van der Waals surface area contributed by atoms with Gasteiger partial charge in [0.1, 0.15) is 5.60 Å². The number of hydrogen-bond acceptors (Lipinski definition) is 4. The summed E-state index contributed by atoms with van der Waals surface area (Å²) in [6.45, 7) is 5.34. The molecule has 0 aliphatic carbocycles. The Bertz CT molecular complexity index is 826. The Morgan fingerprint density at radius 1 is 1.16 bits per heavy atom. The largest absolute Gasteiger partial charge is 0.483 e. The Morgan fingerprint density at radius 3 is 2.68 bits per heavy atom. The summed E-state index contributed by atoms with van der Waals surface area (Å²) in [6.07, 6.45) is 0.803. The fraction of sp³-hybridized carbons (Fsp3) is 0.300. The quantitative estimate of drug-likeness (QED) is 0.845. The summed E-state index contributed by atoms with van der Waals surface area (Å²) < 4.78 is 11.6. The number of para-hydroxylation sites is 2. The average Bonchev–Trinajstić information content (AvgIpc) is 2.87. The van der Waals surface area contributed by atoms with Gasteiger partial charge in [0.25, 0.3) is 5.91 Å². The number of benzene rings is 2. The van der Waals surface area contributed by atoms with Crippen molar-refractivity contribution >= 4 is 17.4 Å². The minimum Gasteiger partial charge on any atom is -0.483 e. The molecular formula is C20H21NO4. The standard InChI is InChI=1S/C20H21NO4/c1-13(22)15-8-4-5-9-16(15)21-18(23)12-24-17-10-6-7-14-11-20(2,3)25-19(14)17/h4-10H,11-12H2,1-3H3,(H,21,23). The van der Waals surface area contributed by atoms with Crippen LogP contribution in [0.3, 0.4) is 0 Å². The number of fused-ring (bicyclic) bond motifs is 1. The second kappa shape index (κ2) is 6.59. The first-order valence-electron chi connectivity index (χ1n) is 8.19. The summed E-state index contributed by atoms with van der Waals surface area (Å²) in [5.74, 6) is 0.819. The van der Waals surface area contributed by atoms with Gasteiger partial charge in [-0.25, -0.2) is 0 Å². The Labute approximate surface area is 147 Å². The first-order valence-corrected chi connectivity index (χ1v) is 8.19. The van der Waals surface area contributed by atoms with E-state index in [0.717, 1.165) is 12.0 Å². The molecular weight excluding hydrogens is 318 g/mol. The van der Waals surface area contributed by atoms with Crippen LogP contribution in [0.2, 0.25) is 0 Å². The highest BCUT2D eigenvalue weighted by molar-refractivity contribution is 6.03. The van der Waals surface area contributed by atoms with Gasteiger partial charge in [0.2, 0.25) is 0 Å². The lowest BCUT2D eigenvalue weighted by atomic mass is 10.0. The summed E-state index contributed by atoms with van der Waals surface area (Å²) in [5.41, 5.74) is 1.76. The lowest BCUT2D eigenvalue weighted by Gasteiger charge is -2.18. The zero-order valence-electron chi connectivity index (χ0n) is 14.6. The van der Waals surface area contributed by atoms with E-state index in [9.17, 15) is 9.59 Å². The highest BCUT2D eigenvalue weighted by atomic mass is 16.5. The second-order valence-electron chi connectivity index (χ2n) is 6.72. The third-order valence-corrected chi connectivity index (χ3v) is 3.99. The monoisotopic (exact) mass is 339 g/mol. The number of Topliss-reactive ketones (excluding diaryl/α,β-unsaturated/α-hetero) is 1. The lowest BCUT2D eigenvalue weighted by molar-refractivity contribution is -0.118. The molecule has 1 aliphatic heterocycles. The molecule has 0 unspecified atom stereocenters.